The maximum Gasteiger partial charge on any atom is 0.325 e. The number of hydrogen-bond acceptors (Lipinski definition) is 9. The lowest BCUT2D eigenvalue weighted by Gasteiger charge is -2.02. The number of aromatic nitrogens is 7. The van der Waals surface area contributed by atoms with E-state index < -0.39 is 5.97 Å². The smallest absolute Gasteiger partial charge is 0.325 e. The predicted molar refractivity (Wildman–Crippen MR) is 61.0 cm³/mol. The zero-order chi connectivity index (χ0) is 13.8. The Morgan fingerprint density at radius 3 is 2.95 bits per heavy atom. The van der Waals surface area contributed by atoms with Gasteiger partial charge in [-0.15, -0.1) is 5.10 Å². The fraction of sp³-hybridized carbons (Fsp3) is 0.286. The van der Waals surface area contributed by atoms with Crippen molar-refractivity contribution in [3.8, 4) is 6.01 Å². The molecule has 0 saturated heterocycles. The average molecular weight is 304 g/mol. The zero-order valence-corrected chi connectivity index (χ0v) is 11.0. The van der Waals surface area contributed by atoms with Crippen LogP contribution in [-0.2, 0) is 11.3 Å². The molecule has 0 amide bonds. The van der Waals surface area contributed by atoms with Crippen molar-refractivity contribution in [2.24, 2.45) is 0 Å². The highest BCUT2D eigenvalue weighted by atomic mass is 35.5. The van der Waals surface area contributed by atoms with E-state index in [1.165, 1.54) is 7.11 Å². The summed E-state index contributed by atoms with van der Waals surface area (Å²) >= 11 is 6.63. The lowest BCUT2D eigenvalue weighted by atomic mass is 10.7. The van der Waals surface area contributed by atoms with Gasteiger partial charge in [0.2, 0.25) is 15.6 Å². The van der Waals surface area contributed by atoms with Gasteiger partial charge in [-0.3, -0.25) is 4.79 Å². The van der Waals surface area contributed by atoms with E-state index in [0.717, 1.165) is 16.4 Å². The fourth-order valence-corrected chi connectivity index (χ4v) is 1.94. The van der Waals surface area contributed by atoms with Crippen molar-refractivity contribution >= 4 is 29.3 Å². The Morgan fingerprint density at radius 2 is 2.26 bits per heavy atom. The van der Waals surface area contributed by atoms with Gasteiger partial charge in [-0.05, 0) is 33.8 Å². The Labute approximate surface area is 115 Å². The van der Waals surface area contributed by atoms with E-state index in [4.69, 9.17) is 21.4 Å². The highest BCUT2D eigenvalue weighted by Crippen LogP contribution is 2.23. The van der Waals surface area contributed by atoms with Gasteiger partial charge in [-0.1, -0.05) is 0 Å². The first-order valence-corrected chi connectivity index (χ1v) is 5.89. The average Bonchev–Trinajstić information content (AvgIpc) is 2.75. The molecule has 0 bridgehead atoms. The molecule has 0 aliphatic carbocycles. The largest absolute Gasteiger partial charge is 0.480 e. The van der Waals surface area contributed by atoms with Gasteiger partial charge in [0.05, 0.1) is 7.11 Å². The Morgan fingerprint density at radius 1 is 1.47 bits per heavy atom. The second-order valence-corrected chi connectivity index (χ2v) is 4.26. The Hall–Kier alpha value is -2.01. The van der Waals surface area contributed by atoms with Crippen LogP contribution in [-0.4, -0.2) is 53.3 Å². The lowest BCUT2D eigenvalue weighted by molar-refractivity contribution is -0.138. The minimum absolute atomic E-state index is 0.0414. The van der Waals surface area contributed by atoms with E-state index in [1.54, 1.807) is 0 Å². The highest BCUT2D eigenvalue weighted by molar-refractivity contribution is 7.99. The van der Waals surface area contributed by atoms with Gasteiger partial charge in [-0.2, -0.15) is 15.0 Å². The summed E-state index contributed by atoms with van der Waals surface area (Å²) in [6.45, 7) is -0.370. The van der Waals surface area contributed by atoms with Crippen LogP contribution < -0.4 is 4.74 Å². The molecule has 19 heavy (non-hydrogen) atoms. The molecule has 100 valence electrons. The maximum atomic E-state index is 10.6. The topological polar surface area (TPSA) is 129 Å². The van der Waals surface area contributed by atoms with Crippen molar-refractivity contribution in [3.63, 3.8) is 0 Å². The minimum Gasteiger partial charge on any atom is -0.480 e. The van der Waals surface area contributed by atoms with E-state index in [2.05, 4.69) is 30.5 Å². The van der Waals surface area contributed by atoms with E-state index >= 15 is 0 Å². The van der Waals surface area contributed by atoms with Crippen molar-refractivity contribution in [1.82, 2.24) is 35.2 Å². The third-order valence-corrected chi connectivity index (χ3v) is 2.73. The molecule has 12 heteroatoms. The van der Waals surface area contributed by atoms with E-state index in [-0.39, 0.29) is 28.2 Å². The molecule has 10 nitrogen and oxygen atoms in total. The highest BCUT2D eigenvalue weighted by Gasteiger charge is 2.14. The second-order valence-electron chi connectivity index (χ2n) is 2.99. The molecule has 0 radical (unpaired) electrons. The van der Waals surface area contributed by atoms with Crippen LogP contribution in [0.15, 0.2) is 10.3 Å². The van der Waals surface area contributed by atoms with Crippen LogP contribution in [0.2, 0.25) is 5.28 Å². The molecule has 0 atom stereocenters. The minimum atomic E-state index is -1.07. The number of halogens is 1. The number of carbonyl (C=O) groups is 1. The quantitative estimate of drug-likeness (QED) is 0.789. The third-order valence-electron chi connectivity index (χ3n) is 1.72. The molecule has 2 aromatic heterocycles. The summed E-state index contributed by atoms with van der Waals surface area (Å²) < 4.78 is 5.93. The first-order valence-electron chi connectivity index (χ1n) is 4.70. The number of tetrazole rings is 1. The zero-order valence-electron chi connectivity index (χ0n) is 9.39. The van der Waals surface area contributed by atoms with Crippen LogP contribution in [0, 0.1) is 0 Å². The summed E-state index contributed by atoms with van der Waals surface area (Å²) in [4.78, 5) is 22.1. The number of rotatable bonds is 5. The molecule has 0 aromatic carbocycles. The monoisotopic (exact) mass is 303 g/mol. The number of carboxylic acid groups (broad SMARTS) is 1. The fourth-order valence-electron chi connectivity index (χ4n) is 1.03. The molecule has 0 spiro atoms. The van der Waals surface area contributed by atoms with Crippen LogP contribution in [0.5, 0.6) is 6.01 Å². The van der Waals surface area contributed by atoms with Crippen molar-refractivity contribution in [3.05, 3.63) is 5.28 Å². The van der Waals surface area contributed by atoms with Crippen LogP contribution in [0.4, 0.5) is 0 Å². The molecular weight excluding hydrogens is 298 g/mol. The molecule has 2 rings (SSSR count). The number of aliphatic carboxylic acids is 1. The number of carboxylic acids is 1. The normalized spacial score (nSPS) is 10.4. The summed E-state index contributed by atoms with van der Waals surface area (Å²) in [5.41, 5.74) is 0. The molecule has 0 aliphatic rings. The summed E-state index contributed by atoms with van der Waals surface area (Å²) in [5.74, 6) is -1.07. The van der Waals surface area contributed by atoms with E-state index in [9.17, 15) is 4.79 Å². The number of ether oxygens (including phenoxy) is 1. The molecule has 2 aromatic rings. The number of methoxy groups -OCH3 is 1. The van der Waals surface area contributed by atoms with Crippen molar-refractivity contribution < 1.29 is 14.6 Å². The molecule has 0 fully saturated rings. The van der Waals surface area contributed by atoms with Crippen molar-refractivity contribution in [1.29, 1.82) is 0 Å². The van der Waals surface area contributed by atoms with Crippen LogP contribution in [0.25, 0.3) is 0 Å². The van der Waals surface area contributed by atoms with Gasteiger partial charge in [0.1, 0.15) is 6.54 Å². The molecule has 0 unspecified atom stereocenters. The van der Waals surface area contributed by atoms with Gasteiger partial charge in [-0.25, -0.2) is 4.68 Å². The predicted octanol–water partition coefficient (Wildman–Crippen LogP) is -0.244. The molecule has 0 saturated carbocycles. The summed E-state index contributed by atoms with van der Waals surface area (Å²) in [5, 5.41) is 19.6. The van der Waals surface area contributed by atoms with Crippen LogP contribution in [0.3, 0.4) is 0 Å². The summed E-state index contributed by atoms with van der Waals surface area (Å²) in [7, 11) is 1.38. The Kier molecular flexibility index (Phi) is 4.06. The second kappa shape index (κ2) is 5.75. The van der Waals surface area contributed by atoms with Crippen LogP contribution in [0.1, 0.15) is 0 Å². The van der Waals surface area contributed by atoms with Crippen molar-refractivity contribution in [2.75, 3.05) is 7.11 Å². The lowest BCUT2D eigenvalue weighted by Crippen LogP contribution is -2.11. The van der Waals surface area contributed by atoms with Crippen molar-refractivity contribution in [2.45, 2.75) is 16.9 Å². The Balaban J connectivity index is 2.23. The SMILES string of the molecule is COc1nc(Cl)nc(Sc2nnnn2CC(=O)O)n1. The molecule has 2 heterocycles. The van der Waals surface area contributed by atoms with Crippen LogP contribution >= 0.6 is 23.4 Å². The molecule has 1 N–H and O–H groups in total. The Bertz CT molecular complexity index is 606. The third kappa shape index (κ3) is 3.48. The number of hydrogen-bond donors (Lipinski definition) is 1. The summed E-state index contributed by atoms with van der Waals surface area (Å²) in [6, 6.07) is 0.0414. The molecule has 0 aliphatic heterocycles. The molecular formula is C7H6ClN7O3S. The van der Waals surface area contributed by atoms with E-state index in [0.29, 0.717) is 0 Å². The maximum absolute atomic E-state index is 10.6. The van der Waals surface area contributed by atoms with Gasteiger partial charge in [0, 0.05) is 0 Å². The van der Waals surface area contributed by atoms with Gasteiger partial charge < -0.3 is 9.84 Å². The van der Waals surface area contributed by atoms with Gasteiger partial charge in [0.15, 0.2) is 0 Å². The first-order chi connectivity index (χ1) is 9.08. The standard InChI is InChI=1S/C7H6ClN7O3S/c1-18-5-9-4(8)10-6(11-5)19-7-12-13-14-15(7)2-3(16)17/h2H2,1H3,(H,16,17). The van der Waals surface area contributed by atoms with Gasteiger partial charge >= 0.3 is 12.0 Å². The van der Waals surface area contributed by atoms with E-state index in [1.807, 2.05) is 0 Å². The van der Waals surface area contributed by atoms with Gasteiger partial charge in [0.25, 0.3) is 0 Å². The first kappa shape index (κ1) is 13.4. The summed E-state index contributed by atoms with van der Waals surface area (Å²) in [6.07, 6.45) is 0. The number of nitrogens with zero attached hydrogens (tertiary/aromatic N) is 7.